The molecule has 0 aliphatic carbocycles. The van der Waals surface area contributed by atoms with Gasteiger partial charge < -0.3 is 0 Å². The van der Waals surface area contributed by atoms with Crippen molar-refractivity contribution in [2.45, 2.75) is 6.42 Å². The maximum absolute atomic E-state index is 4.26. The van der Waals surface area contributed by atoms with Crippen LogP contribution in [-0.4, -0.2) is 24.4 Å². The van der Waals surface area contributed by atoms with Crippen LogP contribution < -0.4 is 0 Å². The molecule has 0 saturated heterocycles. The van der Waals surface area contributed by atoms with Crippen LogP contribution in [-0.2, 0) is 6.42 Å². The van der Waals surface area contributed by atoms with E-state index in [0.717, 1.165) is 18.8 Å². The van der Waals surface area contributed by atoms with E-state index >= 15 is 0 Å². The van der Waals surface area contributed by atoms with Gasteiger partial charge in [-0.1, -0.05) is 42.5 Å². The molecular formula is C14H17NS. The molecule has 0 unspecified atom stereocenters. The lowest BCUT2D eigenvalue weighted by Crippen LogP contribution is -2.19. The fourth-order valence-corrected chi connectivity index (χ4v) is 2.03. The second-order valence-corrected chi connectivity index (χ2v) is 4.39. The molecule has 0 aliphatic rings. The Kier molecular flexibility index (Phi) is 3.86. The van der Waals surface area contributed by atoms with Crippen molar-refractivity contribution < 1.29 is 0 Å². The van der Waals surface area contributed by atoms with Gasteiger partial charge in [0.15, 0.2) is 0 Å². The van der Waals surface area contributed by atoms with Gasteiger partial charge >= 0.3 is 0 Å². The molecule has 2 aromatic rings. The third-order valence-corrected chi connectivity index (χ3v) is 3.37. The third kappa shape index (κ3) is 2.57. The van der Waals surface area contributed by atoms with E-state index in [1.165, 1.54) is 16.3 Å². The Labute approximate surface area is 102 Å². The summed E-state index contributed by atoms with van der Waals surface area (Å²) < 4.78 is 0. The number of benzene rings is 2. The van der Waals surface area contributed by atoms with E-state index in [1.807, 2.05) is 0 Å². The molecule has 0 atom stereocenters. The Balaban J connectivity index is 2.23. The molecule has 0 amide bonds. The van der Waals surface area contributed by atoms with Gasteiger partial charge in [0.05, 0.1) is 0 Å². The maximum Gasteiger partial charge on any atom is 0.0411 e. The molecule has 0 aliphatic heterocycles. The van der Waals surface area contributed by atoms with Crippen LogP contribution in [0.5, 0.6) is 0 Å². The van der Waals surface area contributed by atoms with E-state index in [4.69, 9.17) is 0 Å². The maximum atomic E-state index is 4.26. The van der Waals surface area contributed by atoms with Crippen molar-refractivity contribution in [3.63, 3.8) is 0 Å². The standard InChI is InChI=1S/C14H17NS/c1-15(11-16)10-9-13-7-4-6-12-5-2-3-8-14(12)13/h2-8,16H,9-11H2,1H3. The van der Waals surface area contributed by atoms with Crippen molar-refractivity contribution in [3.8, 4) is 0 Å². The lowest BCUT2D eigenvalue weighted by molar-refractivity contribution is 0.399. The van der Waals surface area contributed by atoms with Gasteiger partial charge in [0.2, 0.25) is 0 Å². The fourth-order valence-electron chi connectivity index (χ4n) is 1.89. The first kappa shape index (κ1) is 11.5. The van der Waals surface area contributed by atoms with Gasteiger partial charge in [-0.15, -0.1) is 0 Å². The second-order valence-electron chi connectivity index (χ2n) is 4.11. The van der Waals surface area contributed by atoms with Gasteiger partial charge in [-0.25, -0.2) is 0 Å². The predicted molar refractivity (Wildman–Crippen MR) is 74.1 cm³/mol. The zero-order valence-electron chi connectivity index (χ0n) is 9.56. The first-order valence-electron chi connectivity index (χ1n) is 5.57. The molecule has 0 aromatic heterocycles. The third-order valence-electron chi connectivity index (χ3n) is 2.88. The number of nitrogens with zero attached hydrogens (tertiary/aromatic N) is 1. The summed E-state index contributed by atoms with van der Waals surface area (Å²) in [5.74, 6) is 0.810. The smallest absolute Gasteiger partial charge is 0.0411 e. The van der Waals surface area contributed by atoms with Crippen LogP contribution in [0.15, 0.2) is 42.5 Å². The average Bonchev–Trinajstić information content (AvgIpc) is 2.35. The summed E-state index contributed by atoms with van der Waals surface area (Å²) in [4.78, 5) is 2.21. The van der Waals surface area contributed by atoms with E-state index in [0.29, 0.717) is 0 Å². The summed E-state index contributed by atoms with van der Waals surface area (Å²) in [6, 6.07) is 15.1. The van der Waals surface area contributed by atoms with Gasteiger partial charge in [-0.2, -0.15) is 12.6 Å². The fraction of sp³-hybridized carbons (Fsp3) is 0.286. The van der Waals surface area contributed by atoms with Crippen LogP contribution in [0.3, 0.4) is 0 Å². The predicted octanol–water partition coefficient (Wildman–Crippen LogP) is 3.20. The highest BCUT2D eigenvalue weighted by Crippen LogP contribution is 2.18. The SMILES string of the molecule is CN(CS)CCc1cccc2ccccc12. The minimum Gasteiger partial charge on any atom is -0.297 e. The molecule has 0 heterocycles. The minimum absolute atomic E-state index is 0.810. The molecule has 0 radical (unpaired) electrons. The van der Waals surface area contributed by atoms with Crippen LogP contribution in [0.1, 0.15) is 5.56 Å². The van der Waals surface area contributed by atoms with E-state index in [9.17, 15) is 0 Å². The molecule has 2 rings (SSSR count). The normalized spacial score (nSPS) is 11.2. The van der Waals surface area contributed by atoms with Gasteiger partial charge in [-0.3, -0.25) is 4.90 Å². The van der Waals surface area contributed by atoms with E-state index in [1.54, 1.807) is 0 Å². The van der Waals surface area contributed by atoms with Crippen molar-refractivity contribution in [3.05, 3.63) is 48.0 Å². The van der Waals surface area contributed by atoms with Gasteiger partial charge in [0.1, 0.15) is 0 Å². The van der Waals surface area contributed by atoms with Crippen molar-refractivity contribution >= 4 is 23.4 Å². The molecule has 0 N–H and O–H groups in total. The highest BCUT2D eigenvalue weighted by molar-refractivity contribution is 7.80. The Hall–Kier alpha value is -0.990. The monoisotopic (exact) mass is 231 g/mol. The zero-order chi connectivity index (χ0) is 11.4. The number of hydrogen-bond acceptors (Lipinski definition) is 2. The first-order chi connectivity index (χ1) is 7.81. The largest absolute Gasteiger partial charge is 0.297 e. The summed E-state index contributed by atoms with van der Waals surface area (Å²) in [6.07, 6.45) is 1.08. The minimum atomic E-state index is 0.810. The highest BCUT2D eigenvalue weighted by atomic mass is 32.1. The van der Waals surface area contributed by atoms with Gasteiger partial charge in [-0.05, 0) is 29.8 Å². The quantitative estimate of drug-likeness (QED) is 0.624. The zero-order valence-corrected chi connectivity index (χ0v) is 10.5. The Bertz CT molecular complexity index is 462. The van der Waals surface area contributed by atoms with Crippen LogP contribution in [0, 0.1) is 0 Å². The molecule has 0 spiro atoms. The Morgan fingerprint density at radius 3 is 2.62 bits per heavy atom. The Morgan fingerprint density at radius 2 is 1.81 bits per heavy atom. The molecule has 16 heavy (non-hydrogen) atoms. The van der Waals surface area contributed by atoms with E-state index in [-0.39, 0.29) is 0 Å². The van der Waals surface area contributed by atoms with Crippen molar-refractivity contribution in [2.24, 2.45) is 0 Å². The lowest BCUT2D eigenvalue weighted by atomic mass is 10.0. The van der Waals surface area contributed by atoms with Crippen LogP contribution >= 0.6 is 12.6 Å². The molecule has 84 valence electrons. The Morgan fingerprint density at radius 1 is 1.06 bits per heavy atom. The second kappa shape index (κ2) is 5.37. The summed E-state index contributed by atoms with van der Waals surface area (Å²) in [5.41, 5.74) is 1.42. The molecule has 0 bridgehead atoms. The van der Waals surface area contributed by atoms with Crippen LogP contribution in [0.25, 0.3) is 10.8 Å². The topological polar surface area (TPSA) is 3.24 Å². The summed E-state index contributed by atoms with van der Waals surface area (Å²) in [5, 5.41) is 2.70. The summed E-state index contributed by atoms with van der Waals surface area (Å²) in [7, 11) is 2.10. The molecule has 2 aromatic carbocycles. The number of fused-ring (bicyclic) bond motifs is 1. The van der Waals surface area contributed by atoms with E-state index in [2.05, 4.69) is 67.0 Å². The molecule has 0 saturated carbocycles. The van der Waals surface area contributed by atoms with Gasteiger partial charge in [0.25, 0.3) is 0 Å². The van der Waals surface area contributed by atoms with Crippen molar-refractivity contribution in [2.75, 3.05) is 19.5 Å². The number of rotatable bonds is 4. The number of thiol groups is 1. The first-order valence-corrected chi connectivity index (χ1v) is 6.20. The number of hydrogen-bond donors (Lipinski definition) is 1. The van der Waals surface area contributed by atoms with Crippen molar-refractivity contribution in [1.29, 1.82) is 0 Å². The summed E-state index contributed by atoms with van der Waals surface area (Å²) in [6.45, 7) is 1.05. The van der Waals surface area contributed by atoms with Crippen molar-refractivity contribution in [1.82, 2.24) is 4.90 Å². The molecular weight excluding hydrogens is 214 g/mol. The van der Waals surface area contributed by atoms with Gasteiger partial charge in [0, 0.05) is 12.4 Å². The highest BCUT2D eigenvalue weighted by Gasteiger charge is 2.01. The lowest BCUT2D eigenvalue weighted by Gasteiger charge is -2.14. The van der Waals surface area contributed by atoms with E-state index < -0.39 is 0 Å². The average molecular weight is 231 g/mol. The number of likely N-dealkylation sites (N-methyl/N-ethyl adjacent to an activating group) is 1. The summed E-state index contributed by atoms with van der Waals surface area (Å²) >= 11 is 4.26. The molecule has 2 heteroatoms. The van der Waals surface area contributed by atoms with Crippen LogP contribution in [0.4, 0.5) is 0 Å². The molecule has 0 fully saturated rings. The van der Waals surface area contributed by atoms with Crippen LogP contribution in [0.2, 0.25) is 0 Å². The molecule has 1 nitrogen and oxygen atoms in total.